The largest absolute Gasteiger partial charge is 0.493 e. The highest BCUT2D eigenvalue weighted by molar-refractivity contribution is 5.51. The number of nitrogens with zero attached hydrogens (tertiary/aromatic N) is 2. The number of hydrogen-bond acceptors (Lipinski definition) is 6. The molecule has 24 heavy (non-hydrogen) atoms. The number of hydrogen-bond donors (Lipinski definition) is 1. The summed E-state index contributed by atoms with van der Waals surface area (Å²) < 4.78 is 16.8. The first-order chi connectivity index (χ1) is 11.6. The zero-order chi connectivity index (χ0) is 16.7. The average Bonchev–Trinajstić information content (AvgIpc) is 3.13. The minimum absolute atomic E-state index is 0.174. The summed E-state index contributed by atoms with van der Waals surface area (Å²) in [4.78, 5) is 4.91. The van der Waals surface area contributed by atoms with Crippen LogP contribution in [-0.2, 0) is 6.54 Å². The second kappa shape index (κ2) is 6.43. The van der Waals surface area contributed by atoms with Crippen molar-refractivity contribution in [2.45, 2.75) is 45.0 Å². The molecule has 132 valence electrons. The van der Waals surface area contributed by atoms with E-state index in [2.05, 4.69) is 22.8 Å². The third-order valence-electron chi connectivity index (χ3n) is 5.30. The quantitative estimate of drug-likeness (QED) is 0.900. The second-order valence-corrected chi connectivity index (χ2v) is 7.02. The molecular formula is C18H26N2O4. The fraction of sp³-hybridized carbons (Fsp3) is 0.667. The van der Waals surface area contributed by atoms with Gasteiger partial charge in [0.25, 0.3) is 0 Å². The Balaban J connectivity index is 1.54. The molecule has 0 bridgehead atoms. The highest BCUT2D eigenvalue weighted by Gasteiger charge is 2.38. The molecule has 0 radical (unpaired) electrons. The van der Waals surface area contributed by atoms with E-state index >= 15 is 0 Å². The fourth-order valence-corrected chi connectivity index (χ4v) is 4.09. The van der Waals surface area contributed by atoms with Crippen LogP contribution >= 0.6 is 0 Å². The van der Waals surface area contributed by atoms with Crippen LogP contribution in [0.3, 0.4) is 0 Å². The summed E-state index contributed by atoms with van der Waals surface area (Å²) in [7, 11) is 0. The summed E-state index contributed by atoms with van der Waals surface area (Å²) in [6.07, 6.45) is 0.703. The first kappa shape index (κ1) is 16.0. The van der Waals surface area contributed by atoms with E-state index in [0.717, 1.165) is 55.4 Å². The highest BCUT2D eigenvalue weighted by Crippen LogP contribution is 2.39. The third-order valence-corrected chi connectivity index (χ3v) is 5.30. The van der Waals surface area contributed by atoms with Gasteiger partial charge < -0.3 is 19.3 Å². The zero-order valence-corrected chi connectivity index (χ0v) is 14.4. The Labute approximate surface area is 142 Å². The molecule has 2 saturated heterocycles. The van der Waals surface area contributed by atoms with Crippen molar-refractivity contribution in [2.75, 3.05) is 33.0 Å². The highest BCUT2D eigenvalue weighted by atomic mass is 16.7. The maximum Gasteiger partial charge on any atom is 0.231 e. The van der Waals surface area contributed by atoms with Crippen molar-refractivity contribution in [3.8, 4) is 17.2 Å². The molecule has 0 aromatic heterocycles. The van der Waals surface area contributed by atoms with E-state index in [1.165, 1.54) is 0 Å². The van der Waals surface area contributed by atoms with Gasteiger partial charge in [-0.25, -0.2) is 0 Å². The van der Waals surface area contributed by atoms with Crippen LogP contribution in [0.1, 0.15) is 25.8 Å². The molecule has 3 heterocycles. The summed E-state index contributed by atoms with van der Waals surface area (Å²) in [5.74, 6) is 2.44. The van der Waals surface area contributed by atoms with Crippen LogP contribution < -0.4 is 14.2 Å². The van der Waals surface area contributed by atoms with Gasteiger partial charge in [-0.1, -0.05) is 0 Å². The topological polar surface area (TPSA) is 54.4 Å². The smallest absolute Gasteiger partial charge is 0.231 e. The normalized spacial score (nSPS) is 29.7. The van der Waals surface area contributed by atoms with Crippen LogP contribution in [0.2, 0.25) is 0 Å². The van der Waals surface area contributed by atoms with Crippen LogP contribution in [0.25, 0.3) is 0 Å². The van der Waals surface area contributed by atoms with E-state index in [1.54, 1.807) is 0 Å². The molecule has 0 saturated carbocycles. The molecule has 1 N–H and O–H groups in total. The molecule has 0 aliphatic carbocycles. The summed E-state index contributed by atoms with van der Waals surface area (Å²) in [6, 6.07) is 4.91. The van der Waals surface area contributed by atoms with Gasteiger partial charge in [0.05, 0.1) is 12.7 Å². The van der Waals surface area contributed by atoms with Gasteiger partial charge in [0.15, 0.2) is 11.5 Å². The number of aliphatic hydroxyl groups is 1. The molecule has 3 atom stereocenters. The van der Waals surface area contributed by atoms with Crippen molar-refractivity contribution < 1.29 is 19.3 Å². The molecule has 3 aliphatic heterocycles. The first-order valence-electron chi connectivity index (χ1n) is 8.85. The van der Waals surface area contributed by atoms with Crippen molar-refractivity contribution in [1.82, 2.24) is 9.80 Å². The maximum absolute atomic E-state index is 9.93. The van der Waals surface area contributed by atoms with E-state index in [4.69, 9.17) is 14.2 Å². The molecule has 4 rings (SSSR count). The summed E-state index contributed by atoms with van der Waals surface area (Å²) in [5, 5.41) is 9.93. The van der Waals surface area contributed by atoms with E-state index < -0.39 is 0 Å². The maximum atomic E-state index is 9.93. The van der Waals surface area contributed by atoms with Crippen LogP contribution in [0.4, 0.5) is 0 Å². The lowest BCUT2D eigenvalue weighted by Crippen LogP contribution is -2.54. The van der Waals surface area contributed by atoms with Crippen LogP contribution in [0, 0.1) is 0 Å². The zero-order valence-electron chi connectivity index (χ0n) is 14.4. The van der Waals surface area contributed by atoms with Gasteiger partial charge in [-0.3, -0.25) is 9.80 Å². The second-order valence-electron chi connectivity index (χ2n) is 7.02. The minimum Gasteiger partial charge on any atom is -0.493 e. The lowest BCUT2D eigenvalue weighted by molar-refractivity contribution is 0.0522. The fourth-order valence-electron chi connectivity index (χ4n) is 4.09. The number of ether oxygens (including phenoxy) is 3. The predicted octanol–water partition coefficient (Wildman–Crippen LogP) is 1.45. The summed E-state index contributed by atoms with van der Waals surface area (Å²) >= 11 is 0. The Hall–Kier alpha value is -1.50. The molecule has 2 fully saturated rings. The molecule has 6 nitrogen and oxygen atoms in total. The molecule has 3 aliphatic rings. The van der Waals surface area contributed by atoms with Gasteiger partial charge in [0.2, 0.25) is 6.79 Å². The molecule has 1 aromatic carbocycles. The predicted molar refractivity (Wildman–Crippen MR) is 89.6 cm³/mol. The molecule has 0 spiro atoms. The van der Waals surface area contributed by atoms with Crippen molar-refractivity contribution in [1.29, 1.82) is 0 Å². The van der Waals surface area contributed by atoms with E-state index in [9.17, 15) is 5.11 Å². The van der Waals surface area contributed by atoms with Gasteiger partial charge in [-0.2, -0.15) is 0 Å². The van der Waals surface area contributed by atoms with Gasteiger partial charge in [0.1, 0.15) is 5.75 Å². The Kier molecular flexibility index (Phi) is 4.28. The molecule has 6 heteroatoms. The van der Waals surface area contributed by atoms with Crippen molar-refractivity contribution in [3.63, 3.8) is 0 Å². The number of fused-ring (bicyclic) bond motifs is 2. The monoisotopic (exact) mass is 334 g/mol. The van der Waals surface area contributed by atoms with E-state index in [1.807, 2.05) is 13.0 Å². The number of aliphatic hydroxyl groups excluding tert-OH is 1. The van der Waals surface area contributed by atoms with Gasteiger partial charge in [0, 0.05) is 49.9 Å². The Morgan fingerprint density at radius 1 is 1.21 bits per heavy atom. The van der Waals surface area contributed by atoms with E-state index in [-0.39, 0.29) is 12.9 Å². The standard InChI is InChI=1S/C18H26N2O4/c1-3-22-16-6-18-17(23-11-24-18)4-13(16)8-19-9-14-5-15(21)10-20(14)7-12(19)2/h4,6,12,14-15,21H,3,5,7-11H2,1-2H3/t12-,14+,15+/m0/s1. The van der Waals surface area contributed by atoms with Gasteiger partial charge in [-0.15, -0.1) is 0 Å². The number of benzene rings is 1. The van der Waals surface area contributed by atoms with Crippen LogP contribution in [-0.4, -0.2) is 66.1 Å². The lowest BCUT2D eigenvalue weighted by Gasteiger charge is -2.42. The van der Waals surface area contributed by atoms with E-state index in [0.29, 0.717) is 18.7 Å². The molecule has 1 aromatic rings. The molecule has 0 unspecified atom stereocenters. The summed E-state index contributed by atoms with van der Waals surface area (Å²) in [6.45, 7) is 8.80. The first-order valence-corrected chi connectivity index (χ1v) is 8.85. The van der Waals surface area contributed by atoms with Crippen molar-refractivity contribution >= 4 is 0 Å². The third kappa shape index (κ3) is 2.94. The molecule has 0 amide bonds. The van der Waals surface area contributed by atoms with Crippen molar-refractivity contribution in [2.24, 2.45) is 0 Å². The minimum atomic E-state index is -0.174. The lowest BCUT2D eigenvalue weighted by atomic mass is 10.1. The Bertz CT molecular complexity index is 609. The van der Waals surface area contributed by atoms with Crippen molar-refractivity contribution in [3.05, 3.63) is 17.7 Å². The summed E-state index contributed by atoms with van der Waals surface area (Å²) in [5.41, 5.74) is 1.14. The molecular weight excluding hydrogens is 308 g/mol. The van der Waals surface area contributed by atoms with Gasteiger partial charge >= 0.3 is 0 Å². The average molecular weight is 334 g/mol. The SMILES string of the molecule is CCOc1cc2c(cc1CN1C[C@H]3C[C@@H](O)CN3C[C@@H]1C)OCO2. The van der Waals surface area contributed by atoms with Crippen LogP contribution in [0.5, 0.6) is 17.2 Å². The number of piperazine rings is 1. The number of rotatable bonds is 4. The van der Waals surface area contributed by atoms with Crippen LogP contribution in [0.15, 0.2) is 12.1 Å². The Morgan fingerprint density at radius 3 is 2.79 bits per heavy atom. The Morgan fingerprint density at radius 2 is 2.00 bits per heavy atom. The van der Waals surface area contributed by atoms with Gasteiger partial charge in [-0.05, 0) is 26.3 Å².